The second-order valence-electron chi connectivity index (χ2n) is 6.20. The summed E-state index contributed by atoms with van der Waals surface area (Å²) in [5, 5.41) is 0. The van der Waals surface area contributed by atoms with Crippen molar-refractivity contribution in [3.05, 3.63) is 77.0 Å². The second-order valence-corrected chi connectivity index (χ2v) is 7.88. The predicted octanol–water partition coefficient (Wildman–Crippen LogP) is 4.20. The highest BCUT2D eigenvalue weighted by Gasteiger charge is 2.19. The van der Waals surface area contributed by atoms with Crippen LogP contribution in [0.3, 0.4) is 0 Å². The molecule has 9 heteroatoms. The van der Waals surface area contributed by atoms with Gasteiger partial charge in [-0.05, 0) is 62.2 Å². The minimum Gasteiger partial charge on any atom is -0.344 e. The van der Waals surface area contributed by atoms with Crippen molar-refractivity contribution in [3.8, 4) is 0 Å². The van der Waals surface area contributed by atoms with Crippen molar-refractivity contribution >= 4 is 34.0 Å². The highest BCUT2D eigenvalue weighted by molar-refractivity contribution is 7.92. The Balaban J connectivity index is 1.94. The Labute approximate surface area is 167 Å². The number of sulfonamides is 1. The monoisotopic (exact) mass is 416 g/mol. The molecule has 3 aromatic rings. The molecule has 0 aliphatic carbocycles. The first-order chi connectivity index (χ1) is 13.7. The topological polar surface area (TPSA) is 86.7 Å². The van der Waals surface area contributed by atoms with Crippen LogP contribution >= 0.6 is 0 Å². The summed E-state index contributed by atoms with van der Waals surface area (Å²) in [5.41, 5.74) is 1.95. The van der Waals surface area contributed by atoms with Gasteiger partial charge in [-0.2, -0.15) is 0 Å². The Bertz CT molecular complexity index is 1200. The number of aryl methyl sites for hydroxylation is 1. The van der Waals surface area contributed by atoms with Gasteiger partial charge in [0.2, 0.25) is 0 Å². The van der Waals surface area contributed by atoms with E-state index in [0.29, 0.717) is 17.1 Å². The van der Waals surface area contributed by atoms with Crippen molar-refractivity contribution in [3.63, 3.8) is 0 Å². The molecular weight excluding hydrogens is 398 g/mol. The first kappa shape index (κ1) is 20.4. The summed E-state index contributed by atoms with van der Waals surface area (Å²) in [6.45, 7) is 5.32. The molecule has 2 aromatic carbocycles. The van der Waals surface area contributed by atoms with Crippen LogP contribution in [0.25, 0.3) is 0 Å². The smallest absolute Gasteiger partial charge is 0.261 e. The lowest BCUT2D eigenvalue weighted by atomic mass is 10.0. The molecule has 0 radical (unpaired) electrons. The number of aliphatic imine (C=N–C) groups is 2. The van der Waals surface area contributed by atoms with Crippen LogP contribution in [0.15, 0.2) is 63.4 Å². The summed E-state index contributed by atoms with van der Waals surface area (Å²) in [7, 11) is -2.46. The minimum absolute atomic E-state index is 0.0262. The van der Waals surface area contributed by atoms with E-state index in [0.717, 1.165) is 36.0 Å². The Kier molecular flexibility index (Phi) is 5.60. The van der Waals surface area contributed by atoms with E-state index in [-0.39, 0.29) is 16.1 Å². The zero-order chi connectivity index (χ0) is 21.2. The van der Waals surface area contributed by atoms with E-state index >= 15 is 0 Å². The fourth-order valence-corrected chi connectivity index (χ4v) is 3.91. The van der Waals surface area contributed by atoms with Gasteiger partial charge in [-0.3, -0.25) is 9.71 Å². The third kappa shape index (κ3) is 4.24. The average Bonchev–Trinajstić information content (AvgIpc) is 3.04. The van der Waals surface area contributed by atoms with E-state index in [2.05, 4.69) is 26.4 Å². The number of aromatic amines is 1. The molecule has 0 saturated carbocycles. The number of rotatable bonds is 6. The van der Waals surface area contributed by atoms with Gasteiger partial charge in [0, 0.05) is 23.9 Å². The number of nitrogens with zero attached hydrogens (tertiary/aromatic N) is 2. The molecule has 3 rings (SSSR count). The van der Waals surface area contributed by atoms with Crippen molar-refractivity contribution in [1.29, 1.82) is 0 Å². The van der Waals surface area contributed by atoms with E-state index < -0.39 is 21.7 Å². The van der Waals surface area contributed by atoms with Gasteiger partial charge in [0.25, 0.3) is 10.0 Å². The van der Waals surface area contributed by atoms with Gasteiger partial charge in [0.1, 0.15) is 17.5 Å². The molecule has 0 spiro atoms. The minimum atomic E-state index is -3.99. The van der Waals surface area contributed by atoms with E-state index in [1.165, 1.54) is 19.2 Å². The van der Waals surface area contributed by atoms with Crippen LogP contribution in [0.2, 0.25) is 0 Å². The number of nitrogens with one attached hydrogen (secondary N) is 2. The molecule has 0 atom stereocenters. The lowest BCUT2D eigenvalue weighted by molar-refractivity contribution is 0.599. The molecule has 0 bridgehead atoms. The number of hydrogen-bond acceptors (Lipinski definition) is 4. The van der Waals surface area contributed by atoms with Crippen LogP contribution in [-0.2, 0) is 10.0 Å². The van der Waals surface area contributed by atoms with Gasteiger partial charge in [0.05, 0.1) is 16.3 Å². The average molecular weight is 416 g/mol. The van der Waals surface area contributed by atoms with Gasteiger partial charge in [-0.15, -0.1) is 0 Å². The number of halogens is 2. The number of H-pyrrole nitrogens is 1. The molecular formula is C20H18F2N4O2S. The van der Waals surface area contributed by atoms with Crippen molar-refractivity contribution in [2.24, 2.45) is 9.98 Å². The largest absolute Gasteiger partial charge is 0.344 e. The van der Waals surface area contributed by atoms with Crippen LogP contribution in [0.5, 0.6) is 0 Å². The standard InChI is InChI=1S/C20H18F2N4O2S/c1-12-10-17(20(24-3)25-12)19(23-2)16-9-6-14(11-18(16)22)26-29(27,28)15-7-4-13(21)5-8-15/h4-11,25-26H,3H2,1-2H3/b23-19-. The van der Waals surface area contributed by atoms with Crippen molar-refractivity contribution < 1.29 is 17.2 Å². The third-order valence-electron chi connectivity index (χ3n) is 4.17. The first-order valence-electron chi connectivity index (χ1n) is 8.47. The Morgan fingerprint density at radius 1 is 1.07 bits per heavy atom. The van der Waals surface area contributed by atoms with Crippen LogP contribution in [-0.4, -0.2) is 32.9 Å². The van der Waals surface area contributed by atoms with E-state index in [4.69, 9.17) is 0 Å². The van der Waals surface area contributed by atoms with E-state index in [9.17, 15) is 17.2 Å². The molecule has 150 valence electrons. The van der Waals surface area contributed by atoms with Gasteiger partial charge in [-0.25, -0.2) is 22.2 Å². The molecule has 0 aliphatic heterocycles. The number of aromatic nitrogens is 1. The Morgan fingerprint density at radius 3 is 2.34 bits per heavy atom. The number of anilines is 1. The van der Waals surface area contributed by atoms with E-state index in [1.807, 2.05) is 6.92 Å². The fourth-order valence-electron chi connectivity index (χ4n) is 2.86. The Hall–Kier alpha value is -3.33. The summed E-state index contributed by atoms with van der Waals surface area (Å²) in [6, 6.07) is 10.0. The molecule has 0 saturated heterocycles. The molecule has 2 N–H and O–H groups in total. The SMILES string of the molecule is C=Nc1[nH]c(C)cc1/C(=N\C)c1ccc(NS(=O)(=O)c2ccc(F)cc2)cc1F. The van der Waals surface area contributed by atoms with Crippen LogP contribution in [0.4, 0.5) is 20.3 Å². The van der Waals surface area contributed by atoms with Crippen LogP contribution in [0, 0.1) is 18.6 Å². The lowest BCUT2D eigenvalue weighted by Gasteiger charge is -2.11. The number of hydrogen-bond donors (Lipinski definition) is 2. The quantitative estimate of drug-likeness (QED) is 0.590. The summed E-state index contributed by atoms with van der Waals surface area (Å²) in [5.74, 6) is -0.763. The maximum atomic E-state index is 14.8. The maximum Gasteiger partial charge on any atom is 0.261 e. The van der Waals surface area contributed by atoms with Gasteiger partial charge < -0.3 is 4.98 Å². The van der Waals surface area contributed by atoms with E-state index in [1.54, 1.807) is 6.07 Å². The maximum absolute atomic E-state index is 14.8. The molecule has 0 aliphatic rings. The molecule has 0 unspecified atom stereocenters. The van der Waals surface area contributed by atoms with Gasteiger partial charge >= 0.3 is 0 Å². The molecule has 0 fully saturated rings. The molecule has 0 amide bonds. The van der Waals surface area contributed by atoms with Crippen LogP contribution < -0.4 is 4.72 Å². The normalized spacial score (nSPS) is 12.1. The van der Waals surface area contributed by atoms with Crippen molar-refractivity contribution in [1.82, 2.24) is 4.98 Å². The molecule has 29 heavy (non-hydrogen) atoms. The molecule has 6 nitrogen and oxygen atoms in total. The lowest BCUT2D eigenvalue weighted by Crippen LogP contribution is -2.14. The summed E-state index contributed by atoms with van der Waals surface area (Å²) in [6.07, 6.45) is 0. The summed E-state index contributed by atoms with van der Waals surface area (Å²) in [4.78, 5) is 10.9. The van der Waals surface area contributed by atoms with Crippen molar-refractivity contribution in [2.75, 3.05) is 11.8 Å². The number of benzene rings is 2. The first-order valence-corrected chi connectivity index (χ1v) is 9.95. The van der Waals surface area contributed by atoms with Crippen LogP contribution in [0.1, 0.15) is 16.8 Å². The van der Waals surface area contributed by atoms with Crippen molar-refractivity contribution in [2.45, 2.75) is 11.8 Å². The summed E-state index contributed by atoms with van der Waals surface area (Å²) < 4.78 is 54.9. The molecule has 1 heterocycles. The second kappa shape index (κ2) is 7.96. The zero-order valence-electron chi connectivity index (χ0n) is 15.7. The van der Waals surface area contributed by atoms with Gasteiger partial charge in [0.15, 0.2) is 0 Å². The summed E-state index contributed by atoms with van der Waals surface area (Å²) >= 11 is 0. The highest BCUT2D eigenvalue weighted by atomic mass is 32.2. The highest BCUT2D eigenvalue weighted by Crippen LogP contribution is 2.26. The van der Waals surface area contributed by atoms with Gasteiger partial charge in [-0.1, -0.05) is 0 Å². The zero-order valence-corrected chi connectivity index (χ0v) is 16.5. The predicted molar refractivity (Wildman–Crippen MR) is 110 cm³/mol. The molecule has 1 aromatic heterocycles. The third-order valence-corrected chi connectivity index (χ3v) is 5.57. The fraction of sp³-hybridized carbons (Fsp3) is 0.100. The Morgan fingerprint density at radius 2 is 1.76 bits per heavy atom.